The van der Waals surface area contributed by atoms with Gasteiger partial charge in [-0.05, 0) is 25.5 Å². The van der Waals surface area contributed by atoms with E-state index >= 15 is 0 Å². The quantitative estimate of drug-likeness (QED) is 0.824. The van der Waals surface area contributed by atoms with Gasteiger partial charge in [0, 0.05) is 37.8 Å². The number of hydrogen-bond donors (Lipinski definition) is 2. The smallest absolute Gasteiger partial charge is 0.165 e. The van der Waals surface area contributed by atoms with E-state index in [1.54, 1.807) is 0 Å². The number of piperazine rings is 1. The number of rotatable bonds is 2. The highest BCUT2D eigenvalue weighted by molar-refractivity contribution is 5.39. The zero-order valence-corrected chi connectivity index (χ0v) is 10.3. The fourth-order valence-corrected chi connectivity index (χ4v) is 2.35. The number of hydrogen-bond acceptors (Lipinski definition) is 3. The Labute approximate surface area is 101 Å². The Morgan fingerprint density at radius 3 is 2.65 bits per heavy atom. The van der Waals surface area contributed by atoms with Crippen molar-refractivity contribution in [2.45, 2.75) is 19.9 Å². The maximum absolute atomic E-state index is 13.5. The van der Waals surface area contributed by atoms with Crippen LogP contribution in [0.15, 0.2) is 12.1 Å². The predicted octanol–water partition coefficient (Wildman–Crippen LogP) is 1.81. The summed E-state index contributed by atoms with van der Waals surface area (Å²) in [5, 5.41) is 13.1. The van der Waals surface area contributed by atoms with E-state index in [1.165, 1.54) is 6.07 Å². The first kappa shape index (κ1) is 12.3. The maximum Gasteiger partial charge on any atom is 0.165 e. The summed E-state index contributed by atoms with van der Waals surface area (Å²) in [5.74, 6) is -0.733. The van der Waals surface area contributed by atoms with Gasteiger partial charge in [-0.25, -0.2) is 4.39 Å². The molecule has 2 rings (SSSR count). The average Bonchev–Trinajstić information content (AvgIpc) is 2.34. The first-order valence-electron chi connectivity index (χ1n) is 6.03. The molecule has 2 N–H and O–H groups in total. The van der Waals surface area contributed by atoms with Crippen molar-refractivity contribution >= 4 is 0 Å². The Morgan fingerprint density at radius 1 is 1.35 bits per heavy atom. The first-order chi connectivity index (χ1) is 8.09. The first-order valence-corrected chi connectivity index (χ1v) is 6.03. The largest absolute Gasteiger partial charge is 0.505 e. The Hall–Kier alpha value is -1.13. The maximum atomic E-state index is 13.5. The molecule has 1 aliphatic rings. The minimum Gasteiger partial charge on any atom is -0.505 e. The van der Waals surface area contributed by atoms with Gasteiger partial charge in [0.05, 0.1) is 0 Å². The number of nitrogens with one attached hydrogen (secondary N) is 1. The summed E-state index contributed by atoms with van der Waals surface area (Å²) < 4.78 is 13.5. The molecular formula is C13H19FN2O. The van der Waals surface area contributed by atoms with Gasteiger partial charge in [-0.2, -0.15) is 0 Å². The van der Waals surface area contributed by atoms with Crippen LogP contribution in [-0.4, -0.2) is 36.2 Å². The minimum atomic E-state index is -0.526. The molecule has 0 bridgehead atoms. The van der Waals surface area contributed by atoms with E-state index < -0.39 is 5.82 Å². The molecule has 1 saturated heterocycles. The van der Waals surface area contributed by atoms with Gasteiger partial charge in [-0.15, -0.1) is 0 Å². The molecule has 0 aliphatic carbocycles. The average molecular weight is 238 g/mol. The third kappa shape index (κ3) is 2.58. The highest BCUT2D eigenvalue weighted by Gasteiger charge is 2.22. The van der Waals surface area contributed by atoms with Crippen LogP contribution in [0.25, 0.3) is 0 Å². The van der Waals surface area contributed by atoms with E-state index in [-0.39, 0.29) is 11.8 Å². The van der Waals surface area contributed by atoms with Crippen LogP contribution in [0.1, 0.15) is 24.1 Å². The van der Waals surface area contributed by atoms with Crippen molar-refractivity contribution in [3.63, 3.8) is 0 Å². The molecule has 1 aromatic carbocycles. The normalized spacial score (nSPS) is 19.2. The second kappa shape index (κ2) is 5.02. The van der Waals surface area contributed by atoms with Crippen LogP contribution in [-0.2, 0) is 0 Å². The zero-order valence-electron chi connectivity index (χ0n) is 10.3. The molecule has 0 amide bonds. The Bertz CT molecular complexity index is 403. The van der Waals surface area contributed by atoms with Crippen molar-refractivity contribution < 1.29 is 9.50 Å². The van der Waals surface area contributed by atoms with Gasteiger partial charge in [0.1, 0.15) is 0 Å². The summed E-state index contributed by atoms with van der Waals surface area (Å²) >= 11 is 0. The SMILES string of the molecule is Cc1cc(F)c(O)c(C(C)N2CCNCC2)c1. The van der Waals surface area contributed by atoms with Gasteiger partial charge < -0.3 is 10.4 Å². The van der Waals surface area contributed by atoms with Crippen LogP contribution in [0, 0.1) is 12.7 Å². The number of phenolic OH excluding ortho intramolecular Hbond substituents is 1. The fourth-order valence-electron chi connectivity index (χ4n) is 2.35. The van der Waals surface area contributed by atoms with Crippen LogP contribution >= 0.6 is 0 Å². The van der Waals surface area contributed by atoms with Crippen LogP contribution in [0.4, 0.5) is 4.39 Å². The number of phenols is 1. The van der Waals surface area contributed by atoms with Gasteiger partial charge in [0.25, 0.3) is 0 Å². The molecule has 0 saturated carbocycles. The van der Waals surface area contributed by atoms with E-state index in [9.17, 15) is 9.50 Å². The van der Waals surface area contributed by atoms with Crippen molar-refractivity contribution in [1.29, 1.82) is 0 Å². The van der Waals surface area contributed by atoms with Crippen molar-refractivity contribution in [3.05, 3.63) is 29.1 Å². The third-order valence-electron chi connectivity index (χ3n) is 3.39. The lowest BCUT2D eigenvalue weighted by Gasteiger charge is -2.33. The van der Waals surface area contributed by atoms with E-state index in [1.807, 2.05) is 19.9 Å². The number of nitrogens with zero attached hydrogens (tertiary/aromatic N) is 1. The molecule has 1 unspecified atom stereocenters. The monoisotopic (exact) mass is 238 g/mol. The fraction of sp³-hybridized carbons (Fsp3) is 0.538. The molecule has 17 heavy (non-hydrogen) atoms. The van der Waals surface area contributed by atoms with Crippen LogP contribution < -0.4 is 5.32 Å². The standard InChI is InChI=1S/C13H19FN2O/c1-9-7-11(13(17)12(14)8-9)10(2)16-5-3-15-4-6-16/h7-8,10,15,17H,3-6H2,1-2H3. The molecule has 3 nitrogen and oxygen atoms in total. The summed E-state index contributed by atoms with van der Waals surface area (Å²) in [5.41, 5.74) is 1.53. The number of aryl methyl sites for hydroxylation is 1. The van der Waals surface area contributed by atoms with Gasteiger partial charge in [-0.3, -0.25) is 4.90 Å². The lowest BCUT2D eigenvalue weighted by Crippen LogP contribution is -2.44. The highest BCUT2D eigenvalue weighted by atomic mass is 19.1. The number of aromatic hydroxyl groups is 1. The molecule has 94 valence electrons. The summed E-state index contributed by atoms with van der Waals surface area (Å²) in [7, 11) is 0. The zero-order chi connectivity index (χ0) is 12.4. The van der Waals surface area contributed by atoms with E-state index in [0.29, 0.717) is 5.56 Å². The second-order valence-electron chi connectivity index (χ2n) is 4.65. The van der Waals surface area contributed by atoms with Crippen LogP contribution in [0.2, 0.25) is 0 Å². The topological polar surface area (TPSA) is 35.5 Å². The lowest BCUT2D eigenvalue weighted by atomic mass is 10.0. The van der Waals surface area contributed by atoms with Crippen molar-refractivity contribution in [2.75, 3.05) is 26.2 Å². The van der Waals surface area contributed by atoms with Gasteiger partial charge in [-0.1, -0.05) is 6.07 Å². The van der Waals surface area contributed by atoms with E-state index in [2.05, 4.69) is 10.2 Å². The third-order valence-corrected chi connectivity index (χ3v) is 3.39. The number of benzene rings is 1. The molecule has 0 aromatic heterocycles. The molecule has 4 heteroatoms. The second-order valence-corrected chi connectivity index (χ2v) is 4.65. The van der Waals surface area contributed by atoms with Crippen molar-refractivity contribution in [3.8, 4) is 5.75 Å². The van der Waals surface area contributed by atoms with Gasteiger partial charge in [0.15, 0.2) is 11.6 Å². The summed E-state index contributed by atoms with van der Waals surface area (Å²) in [6.07, 6.45) is 0. The Balaban J connectivity index is 2.26. The van der Waals surface area contributed by atoms with Crippen molar-refractivity contribution in [2.24, 2.45) is 0 Å². The van der Waals surface area contributed by atoms with E-state index in [4.69, 9.17) is 0 Å². The molecule has 0 radical (unpaired) electrons. The molecule has 0 spiro atoms. The molecule has 1 aliphatic heterocycles. The molecule has 1 atom stereocenters. The molecular weight excluding hydrogens is 219 g/mol. The molecule has 1 aromatic rings. The van der Waals surface area contributed by atoms with Crippen LogP contribution in [0.3, 0.4) is 0 Å². The summed E-state index contributed by atoms with van der Waals surface area (Å²) in [6, 6.07) is 3.28. The predicted molar refractivity (Wildman–Crippen MR) is 65.7 cm³/mol. The summed E-state index contributed by atoms with van der Waals surface area (Å²) in [4.78, 5) is 2.25. The minimum absolute atomic E-state index is 0.0477. The van der Waals surface area contributed by atoms with Crippen LogP contribution in [0.5, 0.6) is 5.75 Å². The van der Waals surface area contributed by atoms with Gasteiger partial charge in [0.2, 0.25) is 0 Å². The van der Waals surface area contributed by atoms with E-state index in [0.717, 1.165) is 31.7 Å². The Kier molecular flexibility index (Phi) is 3.64. The lowest BCUT2D eigenvalue weighted by molar-refractivity contribution is 0.182. The number of halogens is 1. The summed E-state index contributed by atoms with van der Waals surface area (Å²) in [6.45, 7) is 7.60. The highest BCUT2D eigenvalue weighted by Crippen LogP contribution is 2.31. The Morgan fingerprint density at radius 2 is 2.00 bits per heavy atom. The van der Waals surface area contributed by atoms with Crippen molar-refractivity contribution in [1.82, 2.24) is 10.2 Å². The molecule has 1 fully saturated rings. The molecule has 1 heterocycles. The van der Waals surface area contributed by atoms with Gasteiger partial charge >= 0.3 is 0 Å².